The first kappa shape index (κ1) is 11.9. The Hall–Kier alpha value is -2.56. The van der Waals surface area contributed by atoms with Crippen molar-refractivity contribution in [3.05, 3.63) is 59.0 Å². The van der Waals surface area contributed by atoms with Crippen molar-refractivity contribution in [2.45, 2.75) is 6.92 Å². The second kappa shape index (κ2) is 5.18. The van der Waals surface area contributed by atoms with Crippen LogP contribution in [0.3, 0.4) is 0 Å². The standard InChI is InChI=1S/C7H7NO3.C6H4O/c1-6(9)11-8-5-3-2-4-7(8)10;1-2-6-4-3-5(1)7-6/h2-5H,1H3;1-4H. The minimum Gasteiger partial charge on any atom is -0.457 e. The van der Waals surface area contributed by atoms with Gasteiger partial charge in [0.05, 0.1) is 0 Å². The Kier molecular flexibility index (Phi) is 3.43. The molecule has 0 aliphatic heterocycles. The van der Waals surface area contributed by atoms with Gasteiger partial charge in [0.1, 0.15) is 11.2 Å². The van der Waals surface area contributed by atoms with E-state index in [2.05, 4.69) is 4.84 Å². The monoisotopic (exact) mass is 245 g/mol. The Morgan fingerprint density at radius 2 is 1.72 bits per heavy atom. The summed E-state index contributed by atoms with van der Waals surface area (Å²) in [4.78, 5) is 25.7. The molecule has 0 saturated carbocycles. The summed E-state index contributed by atoms with van der Waals surface area (Å²) in [6, 6.07) is 12.3. The lowest BCUT2D eigenvalue weighted by atomic mass is 10.4. The minimum atomic E-state index is -0.515. The first-order valence-corrected chi connectivity index (χ1v) is 5.30. The van der Waals surface area contributed by atoms with Gasteiger partial charge in [-0.2, -0.15) is 0 Å². The number of benzene rings is 1. The van der Waals surface area contributed by atoms with Crippen LogP contribution in [-0.4, -0.2) is 10.7 Å². The molecule has 0 amide bonds. The van der Waals surface area contributed by atoms with Gasteiger partial charge in [-0.05, 0) is 30.3 Å². The normalized spacial score (nSPS) is 9.83. The van der Waals surface area contributed by atoms with Crippen molar-refractivity contribution >= 4 is 17.1 Å². The topological polar surface area (TPSA) is 61.4 Å². The van der Waals surface area contributed by atoms with Gasteiger partial charge >= 0.3 is 5.97 Å². The molecular formula is C13H11NO4. The molecule has 0 N–H and O–H groups in total. The van der Waals surface area contributed by atoms with Crippen molar-refractivity contribution < 1.29 is 14.0 Å². The number of hydrogen-bond acceptors (Lipinski definition) is 4. The molecule has 18 heavy (non-hydrogen) atoms. The van der Waals surface area contributed by atoms with Gasteiger partial charge in [-0.1, -0.05) is 6.07 Å². The van der Waals surface area contributed by atoms with Gasteiger partial charge in [-0.3, -0.25) is 4.79 Å². The summed E-state index contributed by atoms with van der Waals surface area (Å²) in [5.74, 6) is -0.515. The maximum absolute atomic E-state index is 10.8. The van der Waals surface area contributed by atoms with Crippen LogP contribution in [-0.2, 0) is 4.79 Å². The Bertz CT molecular complexity index is 638. The van der Waals surface area contributed by atoms with Crippen molar-refractivity contribution in [1.29, 1.82) is 0 Å². The second-order valence-corrected chi connectivity index (χ2v) is 3.52. The lowest BCUT2D eigenvalue weighted by molar-refractivity contribution is -0.141. The van der Waals surface area contributed by atoms with Gasteiger partial charge in [0.2, 0.25) is 0 Å². The number of aromatic nitrogens is 1. The lowest BCUT2D eigenvalue weighted by Crippen LogP contribution is -2.27. The third-order valence-corrected chi connectivity index (χ3v) is 2.07. The molecule has 3 aromatic rings. The molecule has 3 heterocycles. The Morgan fingerprint density at radius 3 is 2.11 bits per heavy atom. The van der Waals surface area contributed by atoms with E-state index in [1.165, 1.54) is 19.2 Å². The fraction of sp³-hybridized carbons (Fsp3) is 0.0769. The summed E-state index contributed by atoms with van der Waals surface area (Å²) < 4.78 is 5.96. The molecule has 5 nitrogen and oxygen atoms in total. The van der Waals surface area contributed by atoms with E-state index in [4.69, 9.17) is 4.42 Å². The van der Waals surface area contributed by atoms with Crippen molar-refractivity contribution in [3.8, 4) is 0 Å². The van der Waals surface area contributed by atoms with Crippen molar-refractivity contribution in [2.24, 2.45) is 0 Å². The van der Waals surface area contributed by atoms with E-state index in [1.54, 1.807) is 12.1 Å². The summed E-state index contributed by atoms with van der Waals surface area (Å²) in [6.07, 6.45) is 1.38. The number of rotatable bonds is 1. The molecule has 0 radical (unpaired) electrons. The van der Waals surface area contributed by atoms with Crippen LogP contribution in [0.15, 0.2) is 57.9 Å². The van der Waals surface area contributed by atoms with Crippen LogP contribution < -0.4 is 10.4 Å². The van der Waals surface area contributed by atoms with Crippen LogP contribution >= 0.6 is 0 Å². The minimum absolute atomic E-state index is 0.359. The number of fused-ring (bicyclic) bond motifs is 2. The third-order valence-electron chi connectivity index (χ3n) is 2.07. The Balaban J connectivity index is 0.000000146. The number of nitrogens with zero attached hydrogens (tertiary/aromatic N) is 1. The fourth-order valence-corrected chi connectivity index (χ4v) is 1.34. The van der Waals surface area contributed by atoms with Crippen LogP contribution in [0.5, 0.6) is 0 Å². The van der Waals surface area contributed by atoms with Crippen LogP contribution in [0.25, 0.3) is 11.2 Å². The molecule has 0 aliphatic carbocycles. The van der Waals surface area contributed by atoms with E-state index >= 15 is 0 Å². The maximum atomic E-state index is 10.8. The molecular weight excluding hydrogens is 234 g/mol. The summed E-state index contributed by atoms with van der Waals surface area (Å²) in [5, 5.41) is 0. The molecule has 0 aromatic carbocycles. The number of carbonyl (C=O) groups is 1. The van der Waals surface area contributed by atoms with Crippen LogP contribution in [0.1, 0.15) is 6.92 Å². The summed E-state index contributed by atoms with van der Waals surface area (Å²) >= 11 is 0. The zero-order valence-corrected chi connectivity index (χ0v) is 9.70. The molecule has 92 valence electrons. The first-order chi connectivity index (χ1) is 8.65. The molecule has 0 fully saturated rings. The highest BCUT2D eigenvalue weighted by Gasteiger charge is 1.95. The largest absolute Gasteiger partial charge is 0.457 e. The number of hydrogen-bond donors (Lipinski definition) is 0. The molecule has 2 bridgehead atoms. The smallest absolute Gasteiger partial charge is 0.330 e. The van der Waals surface area contributed by atoms with E-state index in [-0.39, 0.29) is 5.56 Å². The molecule has 5 heteroatoms. The molecule has 0 spiro atoms. The summed E-state index contributed by atoms with van der Waals surface area (Å²) in [7, 11) is 0. The highest BCUT2D eigenvalue weighted by molar-refractivity contribution is 5.66. The van der Waals surface area contributed by atoms with Gasteiger partial charge in [-0.25, -0.2) is 4.79 Å². The van der Waals surface area contributed by atoms with E-state index < -0.39 is 5.97 Å². The van der Waals surface area contributed by atoms with Crippen LogP contribution in [0.4, 0.5) is 0 Å². The van der Waals surface area contributed by atoms with Gasteiger partial charge in [0.25, 0.3) is 5.56 Å². The van der Waals surface area contributed by atoms with E-state index in [9.17, 15) is 9.59 Å². The second-order valence-electron chi connectivity index (χ2n) is 3.52. The molecule has 3 rings (SSSR count). The Morgan fingerprint density at radius 1 is 1.11 bits per heavy atom. The van der Waals surface area contributed by atoms with Crippen LogP contribution in [0, 0.1) is 0 Å². The van der Waals surface area contributed by atoms with Gasteiger partial charge < -0.3 is 9.25 Å². The van der Waals surface area contributed by atoms with Crippen molar-refractivity contribution in [3.63, 3.8) is 0 Å². The van der Waals surface area contributed by atoms with E-state index in [1.807, 2.05) is 24.3 Å². The summed E-state index contributed by atoms with van der Waals surface area (Å²) in [5.41, 5.74) is 1.58. The molecule has 0 aliphatic rings. The highest BCUT2D eigenvalue weighted by Crippen LogP contribution is 2.13. The molecule has 3 aromatic heterocycles. The molecule has 0 atom stereocenters. The lowest BCUT2D eigenvalue weighted by Gasteiger charge is -2.00. The Labute approximate surface area is 102 Å². The maximum Gasteiger partial charge on any atom is 0.330 e. The van der Waals surface area contributed by atoms with E-state index in [0.717, 1.165) is 15.9 Å². The van der Waals surface area contributed by atoms with Gasteiger partial charge in [0, 0.05) is 19.2 Å². The third kappa shape index (κ3) is 2.98. The number of carbonyl (C=O) groups excluding carboxylic acids is 1. The zero-order valence-electron chi connectivity index (χ0n) is 9.70. The zero-order chi connectivity index (χ0) is 13.0. The van der Waals surface area contributed by atoms with E-state index in [0.29, 0.717) is 0 Å². The van der Waals surface area contributed by atoms with Crippen molar-refractivity contribution in [1.82, 2.24) is 4.73 Å². The van der Waals surface area contributed by atoms with Gasteiger partial charge in [-0.15, -0.1) is 4.73 Å². The van der Waals surface area contributed by atoms with Gasteiger partial charge in [0.15, 0.2) is 0 Å². The number of furan rings is 2. The average molecular weight is 245 g/mol. The quantitative estimate of drug-likeness (QED) is 0.654. The van der Waals surface area contributed by atoms with Crippen LogP contribution in [0.2, 0.25) is 0 Å². The average Bonchev–Trinajstić information content (AvgIpc) is 2.97. The molecule has 0 saturated heterocycles. The molecule has 0 unspecified atom stereocenters. The van der Waals surface area contributed by atoms with Crippen molar-refractivity contribution in [2.75, 3.05) is 0 Å². The summed E-state index contributed by atoms with van der Waals surface area (Å²) in [6.45, 7) is 1.24. The number of pyridine rings is 1. The fourth-order valence-electron chi connectivity index (χ4n) is 1.34. The predicted molar refractivity (Wildman–Crippen MR) is 65.4 cm³/mol. The predicted octanol–water partition coefficient (Wildman–Crippen LogP) is 1.69. The highest BCUT2D eigenvalue weighted by atomic mass is 16.7. The first-order valence-electron chi connectivity index (χ1n) is 5.30. The SMILES string of the molecule is CC(=O)On1ccccc1=O.c1cc2ccc1o2.